The van der Waals surface area contributed by atoms with Crippen LogP contribution in [0, 0.1) is 6.92 Å². The Bertz CT molecular complexity index is 3100. The van der Waals surface area contributed by atoms with Crippen LogP contribution in [0.4, 0.5) is 5.69 Å². The number of rotatable bonds is 22. The molecule has 1 N–H and O–H groups in total. The largest absolute Gasteiger partial charge is 0.614 e. The second kappa shape index (κ2) is 25.5. The second-order valence-electron chi connectivity index (χ2n) is 17.5. The van der Waals surface area contributed by atoms with E-state index in [-0.39, 0.29) is 73.5 Å². The first-order chi connectivity index (χ1) is 37.3. The van der Waals surface area contributed by atoms with Crippen molar-refractivity contribution < 1.29 is 75.6 Å². The number of thiazole rings is 1. The highest BCUT2D eigenvalue weighted by Crippen LogP contribution is 2.41. The van der Waals surface area contributed by atoms with Crippen LogP contribution < -0.4 is 33.7 Å². The lowest BCUT2D eigenvalue weighted by molar-refractivity contribution is -0.695. The molecule has 1 saturated heterocycles. The third-order valence-electron chi connectivity index (χ3n) is 12.7. The zero-order valence-electron chi connectivity index (χ0n) is 42.5. The van der Waals surface area contributed by atoms with Gasteiger partial charge in [0.25, 0.3) is 24.2 Å². The molecule has 0 aliphatic carbocycles. The maximum Gasteiger partial charge on any atom is 0.347 e. The minimum Gasteiger partial charge on any atom is -0.614 e. The van der Waals surface area contributed by atoms with E-state index in [0.29, 0.717) is 59.3 Å². The molecule has 3 amide bonds. The number of fused-ring (bicyclic) bond motifs is 2. The number of carbonyl (C=O) groups excluding carboxylic acids is 6. The third kappa shape index (κ3) is 12.5. The van der Waals surface area contributed by atoms with Gasteiger partial charge in [-0.1, -0.05) is 41.0 Å². The molecule has 1 fully saturated rings. The Morgan fingerprint density at radius 2 is 1.70 bits per heavy atom. The summed E-state index contributed by atoms with van der Waals surface area (Å²) in [6.07, 6.45) is 2.05. The molecule has 5 heterocycles. The van der Waals surface area contributed by atoms with E-state index in [9.17, 15) is 33.3 Å². The number of nitrogens with one attached hydrogen (secondary N) is 1. The van der Waals surface area contributed by atoms with Crippen molar-refractivity contribution in [3.8, 4) is 23.0 Å². The number of oxime groups is 1. The molecule has 398 valence electrons. The van der Waals surface area contributed by atoms with Crippen LogP contribution in [0.2, 0.25) is 11.3 Å². The van der Waals surface area contributed by atoms with E-state index in [1.54, 1.807) is 50.4 Å². The van der Waals surface area contributed by atoms with Gasteiger partial charge in [0.1, 0.15) is 47.5 Å². The lowest BCUT2D eigenvalue weighted by Crippen LogP contribution is -2.75. The number of hydrogen-bond acceptors (Lipinski definition) is 18. The Morgan fingerprint density at radius 3 is 2.34 bits per heavy atom. The number of methoxy groups -OCH3 is 2. The number of halogens is 1. The summed E-state index contributed by atoms with van der Waals surface area (Å²) in [6, 6.07) is 20.2. The van der Waals surface area contributed by atoms with E-state index in [4.69, 9.17) is 44.7 Å². The molecule has 3 aliphatic rings. The molecule has 77 heavy (non-hydrogen) atoms. The number of benzene rings is 3. The van der Waals surface area contributed by atoms with Crippen molar-refractivity contribution in [2.75, 3.05) is 31.4 Å². The van der Waals surface area contributed by atoms with Gasteiger partial charge in [0, 0.05) is 30.7 Å². The van der Waals surface area contributed by atoms with Gasteiger partial charge in [0.2, 0.25) is 17.2 Å². The van der Waals surface area contributed by atoms with Gasteiger partial charge in [0.15, 0.2) is 36.0 Å². The van der Waals surface area contributed by atoms with Crippen molar-refractivity contribution in [3.63, 3.8) is 0 Å². The molecule has 21 nitrogen and oxygen atoms in total. The fourth-order valence-electron chi connectivity index (χ4n) is 8.82. The minimum atomic E-state index is -1.89. The molecule has 0 saturated carbocycles. The molecule has 2 aromatic heterocycles. The first-order valence-corrected chi connectivity index (χ1v) is 26.7. The van der Waals surface area contributed by atoms with E-state index in [1.807, 2.05) is 59.2 Å². The average molecular weight is 1110 g/mol. The summed E-state index contributed by atoms with van der Waals surface area (Å²) in [4.78, 5) is 92.3. The summed E-state index contributed by atoms with van der Waals surface area (Å²) >= 11 is 6.49. The van der Waals surface area contributed by atoms with Gasteiger partial charge in [0.05, 0.1) is 35.4 Å². The predicted molar refractivity (Wildman–Crippen MR) is 287 cm³/mol. The van der Waals surface area contributed by atoms with E-state index in [2.05, 4.69) is 20.1 Å². The molecule has 0 spiro atoms. The van der Waals surface area contributed by atoms with Crippen LogP contribution in [0.3, 0.4) is 0 Å². The Balaban J connectivity index is 1.05. The maximum atomic E-state index is 14.9. The van der Waals surface area contributed by atoms with Crippen molar-refractivity contribution in [3.05, 3.63) is 134 Å². The van der Waals surface area contributed by atoms with Crippen LogP contribution in [0.1, 0.15) is 50.7 Å². The fraction of sp³-hybridized carbons (Fsp3) is 0.300. The Morgan fingerprint density at radius 1 is 1.00 bits per heavy atom. The quantitative estimate of drug-likeness (QED) is 0.0152. The second-order valence-corrected chi connectivity index (χ2v) is 20.5. The summed E-state index contributed by atoms with van der Waals surface area (Å²) in [6.45, 7) is 2.46. The number of β-lactam (4-membered cyclic amide) rings is 1. The number of carbonyl (C=O) groups is 6. The number of ether oxygens (including phenoxy) is 4. The summed E-state index contributed by atoms with van der Waals surface area (Å²) < 4.78 is 54.0. The van der Waals surface area contributed by atoms with Crippen molar-refractivity contribution in [1.29, 1.82) is 0 Å². The van der Waals surface area contributed by atoms with Crippen molar-refractivity contribution in [2.45, 2.75) is 69.8 Å². The average Bonchev–Trinajstić information content (AvgIpc) is 3.79. The monoisotopic (exact) mass is 1110 g/mol. The van der Waals surface area contributed by atoms with Gasteiger partial charge >= 0.3 is 35.5 Å². The SMILES string of the molecule is BOC(=O)C1=C(C[n+]2cccc3c2CCCCN3C(=O)c2ccc(OCc3ccc(OC)cc3)c(OCc3ccc(OC)cc3)c2Cl)C[S+]([O-])[C@@H]2[C@H](NC(=O)/C(=N\O[C@@H](CBOC=O)C(=O)OB)c3csc(C)n3)C(=O)N12. The van der Waals surface area contributed by atoms with Crippen LogP contribution >= 0.6 is 22.9 Å². The lowest BCUT2D eigenvalue weighted by atomic mass is 9.91. The lowest BCUT2D eigenvalue weighted by Gasteiger charge is -2.48. The van der Waals surface area contributed by atoms with E-state index in [1.165, 1.54) is 16.7 Å². The maximum absolute atomic E-state index is 14.9. The molecule has 27 heteroatoms. The highest BCUT2D eigenvalue weighted by atomic mass is 35.5. The standard InChI is InChI=1S/C50H50B3ClN6O15S2/c1-28-55-35(25-76-28)41(57-75-39(49(65)73-51)21-53-72-27-61)45(62)56-42-47(64)60-43(50(66)74-52)31(26-77(67)48(42)60)22-58-19-6-8-37-36(58)7-4-5-20-59(37)46(63)34-17-18-38(70-23-29-9-13-32(68-2)14-10-29)44(40(34)54)71-24-30-11-15-33(69-3)16-12-30/h6,8-19,25,27,39,42,48,53H,4-5,7,20-24,26,51-52H2,1-3H3/p+1/b57-41-/t39-,42+,48+,77?/m0/s1. The van der Waals surface area contributed by atoms with Gasteiger partial charge in [-0.15, -0.1) is 11.3 Å². The Kier molecular flexibility index (Phi) is 18.5. The van der Waals surface area contributed by atoms with Crippen LogP contribution in [0.25, 0.3) is 0 Å². The molecule has 3 aromatic carbocycles. The van der Waals surface area contributed by atoms with E-state index < -0.39 is 64.1 Å². The molecular formula is C50H51B3ClN6O15S2+. The van der Waals surface area contributed by atoms with Gasteiger partial charge in [-0.2, -0.15) is 4.57 Å². The highest BCUT2D eigenvalue weighted by molar-refractivity contribution is 7.92. The van der Waals surface area contributed by atoms with Crippen LogP contribution in [-0.2, 0) is 80.1 Å². The highest BCUT2D eigenvalue weighted by Gasteiger charge is 2.61. The first-order valence-electron chi connectivity index (χ1n) is 24.1. The number of pyridine rings is 1. The van der Waals surface area contributed by atoms with E-state index in [0.717, 1.165) is 37.8 Å². The van der Waals surface area contributed by atoms with Crippen LogP contribution in [0.5, 0.6) is 23.0 Å². The summed E-state index contributed by atoms with van der Waals surface area (Å²) in [5, 5.41) is 7.44. The smallest absolute Gasteiger partial charge is 0.347 e. The molecule has 0 radical (unpaired) electrons. The number of aromatic nitrogens is 2. The molecular weight excluding hydrogens is 1060 g/mol. The molecule has 4 atom stereocenters. The minimum absolute atomic E-state index is 0.0180. The third-order valence-corrected chi connectivity index (χ3v) is 15.5. The summed E-state index contributed by atoms with van der Waals surface area (Å²) in [7, 11) is 5.22. The number of aryl methyl sites for hydroxylation is 1. The predicted octanol–water partition coefficient (Wildman–Crippen LogP) is 2.14. The first kappa shape index (κ1) is 55.7. The number of anilines is 1. The molecule has 8 rings (SSSR count). The van der Waals surface area contributed by atoms with E-state index >= 15 is 0 Å². The Labute approximate surface area is 457 Å². The molecule has 5 aromatic rings. The number of nitrogens with zero attached hydrogens (tertiary/aromatic N) is 5. The topological polar surface area (TPSA) is 247 Å². The van der Waals surface area contributed by atoms with Crippen LogP contribution in [0.15, 0.2) is 101 Å². The van der Waals surface area contributed by atoms with Crippen LogP contribution in [-0.4, -0.2) is 124 Å². The Hall–Kier alpha value is -7.54. The normalized spacial score (nSPS) is 17.3. The molecule has 0 bridgehead atoms. The van der Waals surface area contributed by atoms with Crippen molar-refractivity contribution in [2.24, 2.45) is 5.16 Å². The van der Waals surface area contributed by atoms with Gasteiger partial charge < -0.3 is 52.5 Å². The summed E-state index contributed by atoms with van der Waals surface area (Å²) in [5.41, 5.74) is 2.96. The van der Waals surface area contributed by atoms with Gasteiger partial charge in [-0.25, -0.2) is 14.6 Å². The van der Waals surface area contributed by atoms with Gasteiger partial charge in [-0.3, -0.25) is 24.1 Å². The zero-order valence-corrected chi connectivity index (χ0v) is 44.9. The van der Waals surface area contributed by atoms with Gasteiger partial charge in [-0.05, 0) is 84.5 Å². The number of amides is 3. The zero-order chi connectivity index (χ0) is 54.8. The fourth-order valence-corrected chi connectivity index (χ4v) is 11.4. The summed E-state index contributed by atoms with van der Waals surface area (Å²) in [5.74, 6) is -2.16. The molecule has 3 aliphatic heterocycles. The molecule has 1 unspecified atom stereocenters. The van der Waals surface area contributed by atoms with Crippen molar-refractivity contribution in [1.82, 2.24) is 15.2 Å². The van der Waals surface area contributed by atoms with Crippen molar-refractivity contribution >= 4 is 105 Å². The number of hydrogen-bond donors (Lipinski definition) is 1.